The van der Waals surface area contributed by atoms with E-state index in [4.69, 9.17) is 4.18 Å². The summed E-state index contributed by atoms with van der Waals surface area (Å²) in [7, 11) is -3.07. The number of hydrogen-bond donors (Lipinski definition) is 1. The van der Waals surface area contributed by atoms with Crippen LogP contribution in [0, 0.1) is 10.1 Å². The Morgan fingerprint density at radius 2 is 1.88 bits per heavy atom. The molecule has 10 heteroatoms. The van der Waals surface area contributed by atoms with E-state index in [1.54, 1.807) is 18.2 Å². The summed E-state index contributed by atoms with van der Waals surface area (Å²) < 4.78 is 33.9. The van der Waals surface area contributed by atoms with E-state index in [1.165, 1.54) is 25.3 Å². The molecule has 0 aliphatic rings. The van der Waals surface area contributed by atoms with Crippen molar-refractivity contribution in [2.75, 3.05) is 19.0 Å². The normalized spacial score (nSPS) is 10.8. The van der Waals surface area contributed by atoms with E-state index in [9.17, 15) is 23.3 Å². The summed E-state index contributed by atoms with van der Waals surface area (Å²) in [5, 5.41) is 13.7. The third kappa shape index (κ3) is 4.67. The van der Waals surface area contributed by atoms with Crippen LogP contribution in [0.2, 0.25) is 0 Å². The van der Waals surface area contributed by atoms with Crippen molar-refractivity contribution >= 4 is 27.5 Å². The minimum Gasteiger partial charge on any atom is -0.468 e. The highest BCUT2D eigenvalue weighted by Crippen LogP contribution is 2.28. The van der Waals surface area contributed by atoms with E-state index in [0.717, 1.165) is 12.1 Å². The maximum Gasteiger partial charge on any atom is 0.339 e. The first-order valence-electron chi connectivity index (χ1n) is 6.92. The number of carbonyl (C=O) groups excluding carboxylic acids is 1. The highest BCUT2D eigenvalue weighted by Gasteiger charge is 2.23. The quantitative estimate of drug-likeness (QED) is 0.341. The molecule has 0 saturated heterocycles. The molecule has 2 aromatic rings. The highest BCUT2D eigenvalue weighted by molar-refractivity contribution is 7.87. The number of methoxy groups -OCH3 is 1. The molecule has 0 spiro atoms. The van der Waals surface area contributed by atoms with Crippen molar-refractivity contribution in [2.24, 2.45) is 0 Å². The summed E-state index contributed by atoms with van der Waals surface area (Å²) in [6.07, 6.45) is 0. The second kappa shape index (κ2) is 7.62. The van der Waals surface area contributed by atoms with Crippen LogP contribution < -0.4 is 9.50 Å². The van der Waals surface area contributed by atoms with Gasteiger partial charge in [0.1, 0.15) is 22.9 Å². The van der Waals surface area contributed by atoms with Crippen molar-refractivity contribution in [3.63, 3.8) is 0 Å². The maximum absolute atomic E-state index is 12.3. The lowest BCUT2D eigenvalue weighted by Gasteiger charge is -2.09. The number of nitrogens with zero attached hydrogens (tertiary/aromatic N) is 1. The fraction of sp³-hybridized carbons (Fsp3) is 0.133. The molecule has 0 heterocycles. The van der Waals surface area contributed by atoms with E-state index < -0.39 is 26.7 Å². The summed E-state index contributed by atoms with van der Waals surface area (Å²) in [5.41, 5.74) is -0.532. The number of esters is 1. The molecule has 0 atom stereocenters. The fourth-order valence-corrected chi connectivity index (χ4v) is 2.81. The molecule has 9 nitrogen and oxygen atoms in total. The third-order valence-corrected chi connectivity index (χ3v) is 4.30. The summed E-state index contributed by atoms with van der Waals surface area (Å²) >= 11 is 0. The maximum atomic E-state index is 12.3. The van der Waals surface area contributed by atoms with Crippen LogP contribution in [0.5, 0.6) is 5.75 Å². The van der Waals surface area contributed by atoms with Gasteiger partial charge in [-0.25, -0.2) is 0 Å². The smallest absolute Gasteiger partial charge is 0.339 e. The topological polar surface area (TPSA) is 125 Å². The zero-order chi connectivity index (χ0) is 18.4. The Labute approximate surface area is 143 Å². The summed E-state index contributed by atoms with van der Waals surface area (Å²) in [6, 6.07) is 10.9. The Hall–Kier alpha value is -3.14. The monoisotopic (exact) mass is 366 g/mol. The fourth-order valence-electron chi connectivity index (χ4n) is 1.86. The molecule has 132 valence electrons. The molecule has 2 aromatic carbocycles. The molecule has 0 saturated carbocycles. The standard InChI is InChI=1S/C15H14N2O7S/c1-23-15(18)10-16-13-8-7-12(9-14(13)17(19)20)25(21,22)24-11-5-3-2-4-6-11/h2-9,16H,10H2,1H3. The number of anilines is 1. The van der Waals surface area contributed by atoms with E-state index in [-0.39, 0.29) is 22.9 Å². The molecule has 25 heavy (non-hydrogen) atoms. The third-order valence-electron chi connectivity index (χ3n) is 3.05. The van der Waals surface area contributed by atoms with E-state index >= 15 is 0 Å². The predicted octanol–water partition coefficient (Wildman–Crippen LogP) is 1.95. The van der Waals surface area contributed by atoms with E-state index in [1.807, 2.05) is 0 Å². The largest absolute Gasteiger partial charge is 0.468 e. The van der Waals surface area contributed by atoms with Gasteiger partial charge in [0.25, 0.3) is 5.69 Å². The number of nitro groups is 1. The molecule has 0 bridgehead atoms. The van der Waals surface area contributed by atoms with Crippen LogP contribution in [-0.4, -0.2) is 33.0 Å². The molecule has 0 unspecified atom stereocenters. The van der Waals surface area contributed by atoms with E-state index in [2.05, 4.69) is 10.1 Å². The molecular formula is C15H14N2O7S. The van der Waals surface area contributed by atoms with E-state index in [0.29, 0.717) is 0 Å². The number of ether oxygens (including phenoxy) is 1. The predicted molar refractivity (Wildman–Crippen MR) is 87.9 cm³/mol. The molecule has 1 N–H and O–H groups in total. The SMILES string of the molecule is COC(=O)CNc1ccc(S(=O)(=O)Oc2ccccc2)cc1[N+](=O)[O-]. The molecule has 0 aliphatic carbocycles. The lowest BCUT2D eigenvalue weighted by molar-refractivity contribution is -0.384. The number of nitro benzene ring substituents is 1. The van der Waals surface area contributed by atoms with Gasteiger partial charge >= 0.3 is 16.1 Å². The Bertz CT molecular complexity index is 882. The molecule has 0 amide bonds. The van der Waals surface area contributed by atoms with Gasteiger partial charge in [0, 0.05) is 6.07 Å². The van der Waals surface area contributed by atoms with Crippen molar-refractivity contribution in [3.05, 3.63) is 58.6 Å². The molecule has 0 fully saturated rings. The lowest BCUT2D eigenvalue weighted by atomic mass is 10.2. The van der Waals surface area contributed by atoms with Crippen LogP contribution in [0.1, 0.15) is 0 Å². The van der Waals surface area contributed by atoms with Gasteiger partial charge in [0.15, 0.2) is 0 Å². The van der Waals surface area contributed by atoms with Crippen LogP contribution >= 0.6 is 0 Å². The second-order valence-corrected chi connectivity index (χ2v) is 6.26. The zero-order valence-corrected chi connectivity index (χ0v) is 13.9. The average Bonchev–Trinajstić information content (AvgIpc) is 2.59. The number of nitrogens with one attached hydrogen (secondary N) is 1. The van der Waals surface area contributed by atoms with Gasteiger partial charge in [-0.2, -0.15) is 8.42 Å². The molecular weight excluding hydrogens is 352 g/mol. The first-order chi connectivity index (χ1) is 11.8. The second-order valence-electron chi connectivity index (χ2n) is 4.72. The summed E-state index contributed by atoms with van der Waals surface area (Å²) in [6.45, 7) is -0.302. The van der Waals surface area contributed by atoms with Crippen LogP contribution in [0.4, 0.5) is 11.4 Å². The van der Waals surface area contributed by atoms with Gasteiger partial charge in [-0.3, -0.25) is 14.9 Å². The minimum absolute atomic E-state index is 0.0194. The first kappa shape index (κ1) is 18.2. The number of carbonyl (C=O) groups is 1. The number of para-hydroxylation sites is 1. The summed E-state index contributed by atoms with van der Waals surface area (Å²) in [5.74, 6) is -0.545. The van der Waals surface area contributed by atoms with Gasteiger partial charge < -0.3 is 14.2 Å². The molecule has 0 aliphatic heterocycles. The van der Waals surface area contributed by atoms with Gasteiger partial charge in [0.05, 0.1) is 12.0 Å². The van der Waals surface area contributed by atoms with Crippen LogP contribution in [0.3, 0.4) is 0 Å². The van der Waals surface area contributed by atoms with Gasteiger partial charge in [-0.05, 0) is 24.3 Å². The highest BCUT2D eigenvalue weighted by atomic mass is 32.2. The van der Waals surface area contributed by atoms with Crippen molar-refractivity contribution in [3.8, 4) is 5.75 Å². The zero-order valence-electron chi connectivity index (χ0n) is 13.0. The minimum atomic E-state index is -4.25. The summed E-state index contributed by atoms with van der Waals surface area (Å²) in [4.78, 5) is 21.2. The molecule has 0 aromatic heterocycles. The van der Waals surface area contributed by atoms with Gasteiger partial charge in [0.2, 0.25) is 0 Å². The van der Waals surface area contributed by atoms with Crippen molar-refractivity contribution in [2.45, 2.75) is 4.90 Å². The van der Waals surface area contributed by atoms with Crippen LogP contribution in [0.15, 0.2) is 53.4 Å². The Morgan fingerprint density at radius 1 is 1.20 bits per heavy atom. The number of benzene rings is 2. The van der Waals surface area contributed by atoms with Crippen LogP contribution in [0.25, 0.3) is 0 Å². The van der Waals surface area contributed by atoms with Crippen LogP contribution in [-0.2, 0) is 19.6 Å². The van der Waals surface area contributed by atoms with Gasteiger partial charge in [-0.1, -0.05) is 18.2 Å². The number of hydrogen-bond acceptors (Lipinski definition) is 8. The first-order valence-corrected chi connectivity index (χ1v) is 8.33. The van der Waals surface area contributed by atoms with Crippen molar-refractivity contribution in [1.82, 2.24) is 0 Å². The average molecular weight is 366 g/mol. The molecule has 0 radical (unpaired) electrons. The van der Waals surface area contributed by atoms with Gasteiger partial charge in [-0.15, -0.1) is 0 Å². The van der Waals surface area contributed by atoms with Crippen molar-refractivity contribution in [1.29, 1.82) is 0 Å². The lowest BCUT2D eigenvalue weighted by Crippen LogP contribution is -2.16. The Morgan fingerprint density at radius 3 is 2.48 bits per heavy atom. The number of rotatable bonds is 7. The Kier molecular flexibility index (Phi) is 5.55. The van der Waals surface area contributed by atoms with Crippen molar-refractivity contribution < 1.29 is 27.1 Å². The molecule has 2 rings (SSSR count). The Balaban J connectivity index is 2.31.